The molecule has 2 heterocycles. The molecule has 0 saturated heterocycles. The molecule has 1 aromatic carbocycles. The molecular formula is C13H8ClFN2O. The van der Waals surface area contributed by atoms with E-state index < -0.39 is 5.82 Å². The van der Waals surface area contributed by atoms with Gasteiger partial charge in [0.25, 0.3) is 0 Å². The first kappa shape index (κ1) is 11.2. The maximum atomic E-state index is 13.5. The summed E-state index contributed by atoms with van der Waals surface area (Å²) in [5.74, 6) is 0.622. The van der Waals surface area contributed by atoms with Crippen LogP contribution in [0.4, 0.5) is 4.39 Å². The number of hydrogen-bond donors (Lipinski definition) is 0. The molecule has 0 radical (unpaired) electrons. The van der Waals surface area contributed by atoms with Gasteiger partial charge in [0.1, 0.15) is 16.7 Å². The number of aryl methyl sites for hydroxylation is 1. The van der Waals surface area contributed by atoms with Gasteiger partial charge in [0, 0.05) is 11.5 Å². The van der Waals surface area contributed by atoms with Gasteiger partial charge < -0.3 is 4.42 Å². The van der Waals surface area contributed by atoms with Crippen molar-refractivity contribution < 1.29 is 8.81 Å². The second-order valence-corrected chi connectivity index (χ2v) is 4.28. The van der Waals surface area contributed by atoms with E-state index in [0.717, 1.165) is 0 Å². The number of rotatable bonds is 1. The Labute approximate surface area is 107 Å². The number of hydrogen-bond acceptors (Lipinski definition) is 3. The summed E-state index contributed by atoms with van der Waals surface area (Å²) in [6.45, 7) is 1.73. The predicted molar refractivity (Wildman–Crippen MR) is 66.9 cm³/mol. The van der Waals surface area contributed by atoms with Gasteiger partial charge in [0.2, 0.25) is 0 Å². The summed E-state index contributed by atoms with van der Waals surface area (Å²) in [5.41, 5.74) is 0.767. The highest BCUT2D eigenvalue weighted by atomic mass is 35.5. The van der Waals surface area contributed by atoms with Crippen LogP contribution in [-0.4, -0.2) is 9.97 Å². The SMILES string of the molecule is Cc1nc(Cl)cc(-c2cc3cccc(F)c3o2)n1. The molecule has 18 heavy (non-hydrogen) atoms. The number of aromatic nitrogens is 2. The van der Waals surface area contributed by atoms with Crippen LogP contribution in [0.25, 0.3) is 22.4 Å². The van der Waals surface area contributed by atoms with Crippen molar-refractivity contribution in [2.24, 2.45) is 0 Å². The van der Waals surface area contributed by atoms with E-state index in [0.29, 0.717) is 27.8 Å². The Balaban J connectivity index is 2.22. The first-order chi connectivity index (χ1) is 8.63. The van der Waals surface area contributed by atoms with Crippen molar-refractivity contribution in [1.82, 2.24) is 9.97 Å². The standard InChI is InChI=1S/C13H8ClFN2O/c1-7-16-10(6-12(14)17-7)11-5-8-3-2-4-9(15)13(8)18-11/h2-6H,1H3. The van der Waals surface area contributed by atoms with Gasteiger partial charge in [-0.3, -0.25) is 0 Å². The van der Waals surface area contributed by atoms with Gasteiger partial charge >= 0.3 is 0 Å². The molecule has 0 atom stereocenters. The van der Waals surface area contributed by atoms with Crippen LogP contribution in [0.5, 0.6) is 0 Å². The van der Waals surface area contributed by atoms with Crippen molar-refractivity contribution in [3.8, 4) is 11.5 Å². The van der Waals surface area contributed by atoms with Crippen LogP contribution >= 0.6 is 11.6 Å². The minimum absolute atomic E-state index is 0.222. The molecule has 0 fully saturated rings. The summed E-state index contributed by atoms with van der Waals surface area (Å²) in [7, 11) is 0. The van der Waals surface area contributed by atoms with Crippen LogP contribution in [0.2, 0.25) is 5.15 Å². The van der Waals surface area contributed by atoms with Crippen molar-refractivity contribution in [2.45, 2.75) is 6.92 Å². The Morgan fingerprint density at radius 2 is 2.06 bits per heavy atom. The molecule has 0 aliphatic rings. The normalized spacial score (nSPS) is 11.1. The smallest absolute Gasteiger partial charge is 0.170 e. The van der Waals surface area contributed by atoms with E-state index >= 15 is 0 Å². The highest BCUT2D eigenvalue weighted by Gasteiger charge is 2.11. The number of fused-ring (bicyclic) bond motifs is 1. The third-order valence-electron chi connectivity index (χ3n) is 2.56. The van der Waals surface area contributed by atoms with Crippen LogP contribution in [0.15, 0.2) is 34.7 Å². The van der Waals surface area contributed by atoms with Crippen LogP contribution < -0.4 is 0 Å². The maximum Gasteiger partial charge on any atom is 0.170 e. The maximum absolute atomic E-state index is 13.5. The lowest BCUT2D eigenvalue weighted by Crippen LogP contribution is -1.90. The summed E-state index contributed by atoms with van der Waals surface area (Å²) in [6.07, 6.45) is 0. The Bertz CT molecular complexity index is 719. The topological polar surface area (TPSA) is 38.9 Å². The van der Waals surface area contributed by atoms with E-state index in [4.69, 9.17) is 16.0 Å². The third kappa shape index (κ3) is 1.84. The fraction of sp³-hybridized carbons (Fsp3) is 0.0769. The zero-order chi connectivity index (χ0) is 12.7. The Morgan fingerprint density at radius 1 is 1.22 bits per heavy atom. The van der Waals surface area contributed by atoms with Crippen molar-refractivity contribution in [3.63, 3.8) is 0 Å². The number of furan rings is 1. The first-order valence-corrected chi connectivity index (χ1v) is 5.71. The number of para-hydroxylation sites is 1. The molecular weight excluding hydrogens is 255 g/mol. The second-order valence-electron chi connectivity index (χ2n) is 3.89. The molecule has 0 bridgehead atoms. The summed E-state index contributed by atoms with van der Waals surface area (Å²) >= 11 is 5.86. The first-order valence-electron chi connectivity index (χ1n) is 5.33. The van der Waals surface area contributed by atoms with E-state index in [-0.39, 0.29) is 5.58 Å². The molecule has 0 amide bonds. The van der Waals surface area contributed by atoms with Crippen molar-refractivity contribution >= 4 is 22.6 Å². The van der Waals surface area contributed by atoms with E-state index in [9.17, 15) is 4.39 Å². The lowest BCUT2D eigenvalue weighted by atomic mass is 10.2. The van der Waals surface area contributed by atoms with Gasteiger partial charge in [-0.15, -0.1) is 0 Å². The predicted octanol–water partition coefficient (Wildman–Crippen LogP) is 3.99. The third-order valence-corrected chi connectivity index (χ3v) is 2.75. The van der Waals surface area contributed by atoms with Crippen LogP contribution in [0.3, 0.4) is 0 Å². The second kappa shape index (κ2) is 4.07. The fourth-order valence-electron chi connectivity index (χ4n) is 1.81. The molecule has 3 aromatic rings. The Kier molecular flexibility index (Phi) is 2.52. The van der Waals surface area contributed by atoms with E-state index in [1.54, 1.807) is 31.2 Å². The zero-order valence-electron chi connectivity index (χ0n) is 9.45. The minimum atomic E-state index is -0.393. The molecule has 0 aliphatic heterocycles. The number of nitrogens with zero attached hydrogens (tertiary/aromatic N) is 2. The monoisotopic (exact) mass is 262 g/mol. The van der Waals surface area contributed by atoms with Gasteiger partial charge in [0.05, 0.1) is 0 Å². The summed E-state index contributed by atoms with van der Waals surface area (Å²) < 4.78 is 19.0. The quantitative estimate of drug-likeness (QED) is 0.623. The van der Waals surface area contributed by atoms with Crippen LogP contribution in [-0.2, 0) is 0 Å². The van der Waals surface area contributed by atoms with Gasteiger partial charge in [0.15, 0.2) is 17.2 Å². The van der Waals surface area contributed by atoms with Crippen molar-refractivity contribution in [3.05, 3.63) is 47.1 Å². The van der Waals surface area contributed by atoms with Gasteiger partial charge in [-0.2, -0.15) is 0 Å². The number of halogens is 2. The Hall–Kier alpha value is -1.94. The van der Waals surface area contributed by atoms with E-state index in [2.05, 4.69) is 9.97 Å². The van der Waals surface area contributed by atoms with Gasteiger partial charge in [-0.1, -0.05) is 23.7 Å². The fourth-order valence-corrected chi connectivity index (χ4v) is 2.04. The minimum Gasteiger partial charge on any atom is -0.451 e. The van der Waals surface area contributed by atoms with Crippen LogP contribution in [0, 0.1) is 12.7 Å². The molecule has 0 N–H and O–H groups in total. The molecule has 2 aromatic heterocycles. The molecule has 0 saturated carbocycles. The Morgan fingerprint density at radius 3 is 2.78 bits per heavy atom. The average molecular weight is 263 g/mol. The van der Waals surface area contributed by atoms with E-state index in [1.165, 1.54) is 6.07 Å². The summed E-state index contributed by atoms with van der Waals surface area (Å²) in [4.78, 5) is 8.19. The highest BCUT2D eigenvalue weighted by Crippen LogP contribution is 2.29. The van der Waals surface area contributed by atoms with Crippen LogP contribution in [0.1, 0.15) is 5.82 Å². The molecule has 5 heteroatoms. The van der Waals surface area contributed by atoms with Crippen molar-refractivity contribution in [1.29, 1.82) is 0 Å². The average Bonchev–Trinajstić information content (AvgIpc) is 2.73. The molecule has 3 rings (SSSR count). The van der Waals surface area contributed by atoms with Gasteiger partial charge in [-0.05, 0) is 19.1 Å². The van der Waals surface area contributed by atoms with Gasteiger partial charge in [-0.25, -0.2) is 14.4 Å². The molecule has 0 aliphatic carbocycles. The highest BCUT2D eigenvalue weighted by molar-refractivity contribution is 6.29. The molecule has 3 nitrogen and oxygen atoms in total. The molecule has 90 valence electrons. The van der Waals surface area contributed by atoms with Crippen molar-refractivity contribution in [2.75, 3.05) is 0 Å². The largest absolute Gasteiger partial charge is 0.451 e. The summed E-state index contributed by atoms with van der Waals surface area (Å²) in [5, 5.41) is 1.02. The lowest BCUT2D eigenvalue weighted by Gasteiger charge is -1.98. The summed E-state index contributed by atoms with van der Waals surface area (Å²) in [6, 6.07) is 8.09. The molecule has 0 unspecified atom stereocenters. The molecule has 0 spiro atoms. The lowest BCUT2D eigenvalue weighted by molar-refractivity contribution is 0.567. The number of benzene rings is 1. The van der Waals surface area contributed by atoms with E-state index in [1.807, 2.05) is 0 Å². The zero-order valence-corrected chi connectivity index (χ0v) is 10.2.